The van der Waals surface area contributed by atoms with Crippen LogP contribution < -0.4 is 14.8 Å². The number of carbonyl (C=O) groups excluding carboxylic acids is 1. The Hall–Kier alpha value is -2.77. The van der Waals surface area contributed by atoms with Gasteiger partial charge in [0.2, 0.25) is 21.9 Å². The Morgan fingerprint density at radius 1 is 1.27 bits per heavy atom. The summed E-state index contributed by atoms with van der Waals surface area (Å²) in [6.07, 6.45) is 0. The topological polar surface area (TPSA) is 148 Å². The molecule has 2 amide bonds. The third-order valence-electron chi connectivity index (χ3n) is 4.31. The molecule has 30 heavy (non-hydrogen) atoms. The van der Waals surface area contributed by atoms with E-state index in [-0.39, 0.29) is 29.3 Å². The first kappa shape index (κ1) is 21.9. The molecule has 0 saturated carbocycles. The van der Waals surface area contributed by atoms with Crippen LogP contribution in [0.25, 0.3) is 0 Å². The summed E-state index contributed by atoms with van der Waals surface area (Å²) >= 11 is 0. The number of nitrogens with zero attached hydrogens (tertiary/aromatic N) is 3. The molecular formula is C17H21N5O6S2. The molecule has 0 radical (unpaired) electrons. The summed E-state index contributed by atoms with van der Waals surface area (Å²) < 4.78 is 59.4. The molecule has 11 nitrogen and oxygen atoms in total. The third kappa shape index (κ3) is 4.08. The number of hydrogen-bond acceptors (Lipinski definition) is 8. The van der Waals surface area contributed by atoms with Gasteiger partial charge in [-0.3, -0.25) is 5.32 Å². The van der Waals surface area contributed by atoms with Crippen LogP contribution in [-0.2, 0) is 26.6 Å². The second-order valence-corrected chi connectivity index (χ2v) is 10.3. The van der Waals surface area contributed by atoms with Gasteiger partial charge in [-0.25, -0.2) is 31.3 Å². The molecular weight excluding hydrogens is 434 g/mol. The third-order valence-corrected chi connectivity index (χ3v) is 7.98. The summed E-state index contributed by atoms with van der Waals surface area (Å²) in [4.78, 5) is 19.3. The number of sulfonamides is 2. The molecule has 0 saturated heterocycles. The molecule has 1 aromatic carbocycles. The highest BCUT2D eigenvalue weighted by atomic mass is 32.2. The van der Waals surface area contributed by atoms with Crippen LogP contribution in [0.2, 0.25) is 0 Å². The maximum Gasteiger partial charge on any atom is 0.335 e. The number of fused-ring (bicyclic) bond motifs is 1. The van der Waals surface area contributed by atoms with E-state index < -0.39 is 31.0 Å². The van der Waals surface area contributed by atoms with Gasteiger partial charge in [-0.05, 0) is 32.4 Å². The van der Waals surface area contributed by atoms with E-state index >= 15 is 0 Å². The van der Waals surface area contributed by atoms with E-state index in [1.807, 2.05) is 4.72 Å². The van der Waals surface area contributed by atoms with Crippen molar-refractivity contribution >= 4 is 32.0 Å². The largest absolute Gasteiger partial charge is 0.481 e. The molecule has 13 heteroatoms. The number of urea groups is 1. The first-order chi connectivity index (χ1) is 14.0. The fraction of sp³-hybridized carbons (Fsp3) is 0.353. The van der Waals surface area contributed by atoms with Gasteiger partial charge in [0.15, 0.2) is 0 Å². The number of hydrogen-bond donors (Lipinski definition) is 2. The Morgan fingerprint density at radius 2 is 1.97 bits per heavy atom. The van der Waals surface area contributed by atoms with Gasteiger partial charge in [0.1, 0.15) is 9.79 Å². The number of ether oxygens (including phenoxy) is 1. The van der Waals surface area contributed by atoms with Crippen LogP contribution in [0.15, 0.2) is 34.1 Å². The van der Waals surface area contributed by atoms with Gasteiger partial charge in [-0.1, -0.05) is 12.1 Å². The van der Waals surface area contributed by atoms with E-state index in [0.29, 0.717) is 11.3 Å². The molecule has 0 bridgehead atoms. The van der Waals surface area contributed by atoms with Crippen LogP contribution in [0.5, 0.6) is 5.88 Å². The lowest BCUT2D eigenvalue weighted by atomic mass is 10.2. The molecule has 2 aromatic rings. The lowest BCUT2D eigenvalue weighted by Crippen LogP contribution is -2.36. The Labute approximate surface area is 174 Å². The zero-order valence-corrected chi connectivity index (χ0v) is 18.3. The van der Waals surface area contributed by atoms with E-state index in [1.165, 1.54) is 23.5 Å². The predicted octanol–water partition coefficient (Wildman–Crippen LogP) is 1.22. The molecule has 1 aliphatic heterocycles. The first-order valence-corrected chi connectivity index (χ1v) is 11.7. The van der Waals surface area contributed by atoms with Gasteiger partial charge in [-0.15, -0.1) is 0 Å². The van der Waals surface area contributed by atoms with Gasteiger partial charge >= 0.3 is 6.03 Å². The SMILES string of the molecule is COc1cc(C)nc(NC(=O)NS(=O)(=O)c2cccc3c2S(=O)(=O)N(C(C)C)C3)n1. The maximum absolute atomic E-state index is 12.9. The van der Waals surface area contributed by atoms with Crippen molar-refractivity contribution in [3.63, 3.8) is 0 Å². The Kier molecular flexibility index (Phi) is 5.71. The van der Waals surface area contributed by atoms with Gasteiger partial charge in [0, 0.05) is 24.3 Å². The van der Waals surface area contributed by atoms with Crippen molar-refractivity contribution in [2.75, 3.05) is 12.4 Å². The fourth-order valence-corrected chi connectivity index (χ4v) is 6.59. The number of anilines is 1. The number of aromatic nitrogens is 2. The second kappa shape index (κ2) is 7.81. The zero-order chi connectivity index (χ0) is 22.3. The van der Waals surface area contributed by atoms with E-state index in [9.17, 15) is 21.6 Å². The molecule has 3 rings (SSSR count). The quantitative estimate of drug-likeness (QED) is 0.684. The number of benzene rings is 1. The van der Waals surface area contributed by atoms with Crippen LogP contribution in [0.3, 0.4) is 0 Å². The van der Waals surface area contributed by atoms with Crippen LogP contribution in [0, 0.1) is 6.92 Å². The molecule has 2 N–H and O–H groups in total. The molecule has 162 valence electrons. The number of aryl methyl sites for hydroxylation is 1. The summed E-state index contributed by atoms with van der Waals surface area (Å²) in [5.41, 5.74) is 0.833. The van der Waals surface area contributed by atoms with Gasteiger partial charge < -0.3 is 4.74 Å². The average Bonchev–Trinajstić information content (AvgIpc) is 2.91. The highest BCUT2D eigenvalue weighted by molar-refractivity contribution is 7.93. The summed E-state index contributed by atoms with van der Waals surface area (Å²) in [5, 5.41) is 2.21. The van der Waals surface area contributed by atoms with E-state index in [0.717, 1.165) is 6.07 Å². The van der Waals surface area contributed by atoms with Gasteiger partial charge in [-0.2, -0.15) is 9.29 Å². The summed E-state index contributed by atoms with van der Waals surface area (Å²) in [6, 6.07) is 4.14. The summed E-state index contributed by atoms with van der Waals surface area (Å²) in [7, 11) is -7.15. The van der Waals surface area contributed by atoms with Crippen molar-refractivity contribution in [3.05, 3.63) is 35.5 Å². The minimum Gasteiger partial charge on any atom is -0.481 e. The van der Waals surface area contributed by atoms with Gasteiger partial charge in [0.25, 0.3) is 10.0 Å². The number of amides is 2. The van der Waals surface area contributed by atoms with Gasteiger partial charge in [0.05, 0.1) is 7.11 Å². The van der Waals surface area contributed by atoms with Crippen LogP contribution in [-0.4, -0.2) is 50.3 Å². The highest BCUT2D eigenvalue weighted by Gasteiger charge is 2.41. The molecule has 0 unspecified atom stereocenters. The Balaban J connectivity index is 1.91. The lowest BCUT2D eigenvalue weighted by molar-refractivity contribution is 0.256. The Morgan fingerprint density at radius 3 is 2.60 bits per heavy atom. The molecule has 2 heterocycles. The normalized spacial score (nSPS) is 15.6. The highest BCUT2D eigenvalue weighted by Crippen LogP contribution is 2.36. The van der Waals surface area contributed by atoms with Crippen molar-refractivity contribution in [1.29, 1.82) is 0 Å². The van der Waals surface area contributed by atoms with E-state index in [4.69, 9.17) is 4.74 Å². The molecule has 1 aliphatic rings. The van der Waals surface area contributed by atoms with E-state index in [1.54, 1.807) is 26.8 Å². The summed E-state index contributed by atoms with van der Waals surface area (Å²) in [6.45, 7) is 5.09. The second-order valence-electron chi connectivity index (χ2n) is 6.82. The van der Waals surface area contributed by atoms with Crippen LogP contribution in [0.1, 0.15) is 25.1 Å². The van der Waals surface area contributed by atoms with Crippen LogP contribution in [0.4, 0.5) is 10.7 Å². The molecule has 0 spiro atoms. The molecule has 0 aliphatic carbocycles. The van der Waals surface area contributed by atoms with E-state index in [2.05, 4.69) is 15.3 Å². The predicted molar refractivity (Wildman–Crippen MR) is 107 cm³/mol. The molecule has 0 fully saturated rings. The fourth-order valence-electron chi connectivity index (χ4n) is 3.02. The average molecular weight is 456 g/mol. The van der Waals surface area contributed by atoms with Crippen molar-refractivity contribution < 1.29 is 26.4 Å². The number of nitrogens with one attached hydrogen (secondary N) is 2. The molecule has 1 aromatic heterocycles. The monoisotopic (exact) mass is 455 g/mol. The standard InChI is InChI=1S/C17H21N5O6S2/c1-10(2)22-9-12-6-5-7-13(15(12)30(22,26)27)29(24,25)21-17(23)20-16-18-11(3)8-14(19-16)28-4/h5-8,10H,9H2,1-4H3,(H2,18,19,20,21,23). The first-order valence-electron chi connectivity index (χ1n) is 8.83. The number of rotatable bonds is 5. The zero-order valence-electron chi connectivity index (χ0n) is 16.7. The van der Waals surface area contributed by atoms with Crippen molar-refractivity contribution in [3.8, 4) is 5.88 Å². The van der Waals surface area contributed by atoms with Crippen molar-refractivity contribution in [1.82, 2.24) is 19.0 Å². The maximum atomic E-state index is 12.9. The number of carbonyl (C=O) groups is 1. The number of methoxy groups -OCH3 is 1. The minimum atomic E-state index is -4.51. The molecule has 0 atom stereocenters. The summed E-state index contributed by atoms with van der Waals surface area (Å²) in [5.74, 6) is 0.0119. The minimum absolute atomic E-state index is 0.0574. The van der Waals surface area contributed by atoms with Crippen molar-refractivity contribution in [2.24, 2.45) is 0 Å². The van der Waals surface area contributed by atoms with Crippen molar-refractivity contribution in [2.45, 2.75) is 43.1 Å². The smallest absolute Gasteiger partial charge is 0.335 e. The lowest BCUT2D eigenvalue weighted by Gasteiger charge is -2.19. The van der Waals surface area contributed by atoms with Crippen LogP contribution >= 0.6 is 0 Å². The Bertz CT molecular complexity index is 1210.